The van der Waals surface area contributed by atoms with Crippen LogP contribution in [0.2, 0.25) is 0 Å². The van der Waals surface area contributed by atoms with Crippen molar-refractivity contribution in [2.24, 2.45) is 5.41 Å². The molecule has 10 nitrogen and oxygen atoms in total. The maximum atomic E-state index is 13.3. The first kappa shape index (κ1) is 64.6. The van der Waals surface area contributed by atoms with Gasteiger partial charge in [-0.25, -0.2) is 4.98 Å². The van der Waals surface area contributed by atoms with Crippen molar-refractivity contribution < 1.29 is 33.2 Å². The number of ether oxygens (including phenoxy) is 6. The molecular formula is C60H115N3O7. The number of esters is 1. The molecule has 2 rings (SSSR count). The van der Waals surface area contributed by atoms with Gasteiger partial charge in [0.15, 0.2) is 12.6 Å². The molecule has 1 fully saturated rings. The lowest BCUT2D eigenvalue weighted by Gasteiger charge is -2.42. The topological polar surface area (TPSA) is 93.5 Å². The average Bonchev–Trinajstić information content (AvgIpc) is 3.90. The SMILES string of the molecule is CCCCCCCCCOC(CCCOCCC1(CCOC(=O)CCC(OCCCCCCCCC)OCCCCCCCCC)CCN(CCCCn2ccnc2)CC1)OCCCCCCCCC. The van der Waals surface area contributed by atoms with Gasteiger partial charge < -0.3 is 37.9 Å². The van der Waals surface area contributed by atoms with Crippen LogP contribution in [-0.4, -0.2) is 98.9 Å². The standard InChI is InChI=1S/C60H115N3O7/c1-5-9-13-17-21-25-31-50-67-58(68-51-32-26-22-18-14-10-6-2)36-35-49-65-54-41-60(39-46-62(47-40-60)44-29-30-45-63-48-43-61-56-63)42-55-66-57(64)37-38-59(69-52-33-27-23-19-15-11-7-3)70-53-34-28-24-20-16-12-8-4/h43,48,56,58-59H,5-42,44-47,49-55H2,1-4H3. The molecular weight excluding hydrogens is 875 g/mol. The lowest BCUT2D eigenvalue weighted by Crippen LogP contribution is -2.41. The van der Waals surface area contributed by atoms with Crippen LogP contribution in [0.1, 0.15) is 272 Å². The third-order valence-electron chi connectivity index (χ3n) is 14.8. The normalized spacial score (nSPS) is 14.1. The fourth-order valence-electron chi connectivity index (χ4n) is 9.88. The molecule has 0 atom stereocenters. The van der Waals surface area contributed by atoms with E-state index in [4.69, 9.17) is 28.4 Å². The molecule has 0 aliphatic carbocycles. The number of carbonyl (C=O) groups is 1. The number of nitrogens with zero attached hydrogens (tertiary/aromatic N) is 3. The predicted octanol–water partition coefficient (Wildman–Crippen LogP) is 16.4. The first-order valence-corrected chi connectivity index (χ1v) is 30.4. The molecule has 412 valence electrons. The molecule has 0 saturated carbocycles. The molecule has 0 N–H and O–H groups in total. The highest BCUT2D eigenvalue weighted by atomic mass is 16.7. The Morgan fingerprint density at radius 3 is 1.37 bits per heavy atom. The van der Waals surface area contributed by atoms with Crippen LogP contribution in [0.25, 0.3) is 0 Å². The molecule has 2 heterocycles. The number of likely N-dealkylation sites (tertiary alicyclic amines) is 1. The van der Waals surface area contributed by atoms with Gasteiger partial charge in [-0.05, 0) is 95.7 Å². The summed E-state index contributed by atoms with van der Waals surface area (Å²) >= 11 is 0. The highest BCUT2D eigenvalue weighted by molar-refractivity contribution is 5.69. The molecule has 1 aromatic rings. The molecule has 0 spiro atoms. The fraction of sp³-hybridized carbons (Fsp3) is 0.933. The van der Waals surface area contributed by atoms with E-state index in [1.807, 2.05) is 12.5 Å². The summed E-state index contributed by atoms with van der Waals surface area (Å²) in [5, 5.41) is 0. The van der Waals surface area contributed by atoms with Crippen LogP contribution in [-0.2, 0) is 39.8 Å². The van der Waals surface area contributed by atoms with Gasteiger partial charge >= 0.3 is 5.97 Å². The quantitative estimate of drug-likeness (QED) is 0.0359. The van der Waals surface area contributed by atoms with E-state index in [1.165, 1.54) is 161 Å². The number of rotatable bonds is 54. The van der Waals surface area contributed by atoms with Gasteiger partial charge in [-0.15, -0.1) is 0 Å². The molecule has 0 amide bonds. The van der Waals surface area contributed by atoms with E-state index in [0.717, 1.165) is 123 Å². The van der Waals surface area contributed by atoms with Crippen molar-refractivity contribution in [1.29, 1.82) is 0 Å². The van der Waals surface area contributed by atoms with E-state index in [0.29, 0.717) is 32.7 Å². The highest BCUT2D eigenvalue weighted by Gasteiger charge is 2.34. The van der Waals surface area contributed by atoms with Gasteiger partial charge in [-0.2, -0.15) is 0 Å². The second-order valence-electron chi connectivity index (χ2n) is 21.2. The van der Waals surface area contributed by atoms with Crippen molar-refractivity contribution in [1.82, 2.24) is 14.5 Å². The Bertz CT molecular complexity index is 1170. The van der Waals surface area contributed by atoms with Crippen LogP contribution in [0.3, 0.4) is 0 Å². The van der Waals surface area contributed by atoms with Crippen LogP contribution in [0.15, 0.2) is 18.7 Å². The third kappa shape index (κ3) is 38.1. The zero-order valence-electron chi connectivity index (χ0n) is 46.7. The Balaban J connectivity index is 1.86. The van der Waals surface area contributed by atoms with Crippen LogP contribution >= 0.6 is 0 Å². The van der Waals surface area contributed by atoms with Crippen molar-refractivity contribution in [3.05, 3.63) is 18.7 Å². The fourth-order valence-corrected chi connectivity index (χ4v) is 9.88. The van der Waals surface area contributed by atoms with Crippen LogP contribution in [0, 0.1) is 5.41 Å². The van der Waals surface area contributed by atoms with Crippen molar-refractivity contribution in [3.8, 4) is 0 Å². The Hall–Kier alpha value is -1.56. The van der Waals surface area contributed by atoms with Gasteiger partial charge in [-0.1, -0.05) is 182 Å². The van der Waals surface area contributed by atoms with Gasteiger partial charge in [0.05, 0.1) is 19.4 Å². The molecule has 10 heteroatoms. The summed E-state index contributed by atoms with van der Waals surface area (Å²) in [4.78, 5) is 20.1. The number of hydrogen-bond donors (Lipinski definition) is 0. The van der Waals surface area contributed by atoms with Gasteiger partial charge in [0, 0.05) is 71.4 Å². The zero-order chi connectivity index (χ0) is 50.1. The molecule has 0 bridgehead atoms. The van der Waals surface area contributed by atoms with Crippen molar-refractivity contribution in [2.45, 2.75) is 291 Å². The second-order valence-corrected chi connectivity index (χ2v) is 21.2. The maximum absolute atomic E-state index is 13.3. The molecule has 0 unspecified atom stereocenters. The summed E-state index contributed by atoms with van der Waals surface area (Å²) in [7, 11) is 0. The first-order valence-electron chi connectivity index (χ1n) is 30.4. The summed E-state index contributed by atoms with van der Waals surface area (Å²) in [5.41, 5.74) is 0.108. The predicted molar refractivity (Wildman–Crippen MR) is 292 cm³/mol. The monoisotopic (exact) mass is 990 g/mol. The van der Waals surface area contributed by atoms with Crippen LogP contribution < -0.4 is 0 Å². The minimum atomic E-state index is -0.343. The lowest BCUT2D eigenvalue weighted by molar-refractivity contribution is -0.160. The molecule has 0 aromatic carbocycles. The summed E-state index contributed by atoms with van der Waals surface area (Å²) in [6.45, 7) is 18.3. The van der Waals surface area contributed by atoms with E-state index >= 15 is 0 Å². The Morgan fingerprint density at radius 1 is 0.486 bits per heavy atom. The van der Waals surface area contributed by atoms with E-state index in [1.54, 1.807) is 0 Å². The summed E-state index contributed by atoms with van der Waals surface area (Å²) in [5.74, 6) is -0.135. The Morgan fingerprint density at radius 2 is 0.914 bits per heavy atom. The van der Waals surface area contributed by atoms with Gasteiger partial charge in [0.25, 0.3) is 0 Å². The maximum Gasteiger partial charge on any atom is 0.305 e. The van der Waals surface area contributed by atoms with Crippen molar-refractivity contribution >= 4 is 5.97 Å². The number of unbranched alkanes of at least 4 members (excludes halogenated alkanes) is 25. The van der Waals surface area contributed by atoms with Crippen LogP contribution in [0.5, 0.6) is 0 Å². The minimum Gasteiger partial charge on any atom is -0.466 e. The van der Waals surface area contributed by atoms with E-state index in [-0.39, 0.29) is 24.0 Å². The van der Waals surface area contributed by atoms with E-state index in [9.17, 15) is 4.79 Å². The van der Waals surface area contributed by atoms with Gasteiger partial charge in [0.1, 0.15) is 0 Å². The molecule has 70 heavy (non-hydrogen) atoms. The number of aryl methyl sites for hydroxylation is 1. The molecule has 0 radical (unpaired) electrons. The number of hydrogen-bond acceptors (Lipinski definition) is 9. The number of piperidine rings is 1. The van der Waals surface area contributed by atoms with Crippen molar-refractivity contribution in [2.75, 3.05) is 65.9 Å². The van der Waals surface area contributed by atoms with Crippen LogP contribution in [0.4, 0.5) is 0 Å². The van der Waals surface area contributed by atoms with Gasteiger partial charge in [0.2, 0.25) is 0 Å². The molecule has 1 aliphatic heterocycles. The highest BCUT2D eigenvalue weighted by Crippen LogP contribution is 2.39. The average molecular weight is 991 g/mol. The number of aromatic nitrogens is 2. The number of carbonyl (C=O) groups excluding carboxylic acids is 1. The van der Waals surface area contributed by atoms with Crippen molar-refractivity contribution in [3.63, 3.8) is 0 Å². The lowest BCUT2D eigenvalue weighted by atomic mass is 9.73. The molecule has 1 saturated heterocycles. The number of imidazole rings is 1. The molecule has 1 aromatic heterocycles. The summed E-state index contributed by atoms with van der Waals surface area (Å²) < 4.78 is 39.8. The third-order valence-corrected chi connectivity index (χ3v) is 14.8. The first-order chi connectivity index (χ1) is 34.5. The minimum absolute atomic E-state index is 0.108. The molecule has 1 aliphatic rings. The largest absolute Gasteiger partial charge is 0.466 e. The Labute approximate surface area is 432 Å². The zero-order valence-corrected chi connectivity index (χ0v) is 46.7. The smallest absolute Gasteiger partial charge is 0.305 e. The van der Waals surface area contributed by atoms with E-state index < -0.39 is 0 Å². The summed E-state index contributed by atoms with van der Waals surface area (Å²) in [6, 6.07) is 0. The second kappa shape index (κ2) is 48.4. The van der Waals surface area contributed by atoms with Gasteiger partial charge in [-0.3, -0.25) is 4.79 Å². The Kier molecular flexibility index (Phi) is 44.6. The van der Waals surface area contributed by atoms with E-state index in [2.05, 4.69) is 48.3 Å². The summed E-state index contributed by atoms with van der Waals surface area (Å²) in [6.07, 6.45) is 50.0.